The molecule has 42 heavy (non-hydrogen) atoms. The number of hydrogen-bond donors (Lipinski definition) is 2. The fourth-order valence-electron chi connectivity index (χ4n) is 4.63. The van der Waals surface area contributed by atoms with E-state index in [2.05, 4.69) is 10.3 Å². The molecule has 2 N–H and O–H groups in total. The van der Waals surface area contributed by atoms with Gasteiger partial charge < -0.3 is 20.1 Å². The maximum absolute atomic E-state index is 13.0. The van der Waals surface area contributed by atoms with Gasteiger partial charge in [-0.25, -0.2) is 9.78 Å². The van der Waals surface area contributed by atoms with Crippen molar-refractivity contribution in [3.8, 4) is 6.07 Å². The second-order valence-corrected chi connectivity index (χ2v) is 10.3. The molecule has 11 nitrogen and oxygen atoms in total. The molecule has 222 valence electrons. The van der Waals surface area contributed by atoms with Crippen molar-refractivity contribution in [1.82, 2.24) is 18.7 Å². The number of rotatable bonds is 12. The summed E-state index contributed by atoms with van der Waals surface area (Å²) in [4.78, 5) is 42.5. The average molecular weight is 601 g/mol. The summed E-state index contributed by atoms with van der Waals surface area (Å²) in [5.74, 6) is -2.69. The van der Waals surface area contributed by atoms with Crippen molar-refractivity contribution in [2.24, 2.45) is 13.0 Å². The van der Waals surface area contributed by atoms with Gasteiger partial charge in [-0.1, -0.05) is 13.0 Å². The largest absolute Gasteiger partial charge is 1.00 e. The van der Waals surface area contributed by atoms with Gasteiger partial charge in [-0.2, -0.15) is 18.4 Å². The third kappa shape index (κ3) is 8.32. The molecular formula is C27H32F3N6NaO5. The zero-order chi connectivity index (χ0) is 30.5. The molecule has 3 atom stereocenters. The summed E-state index contributed by atoms with van der Waals surface area (Å²) in [7, 11) is 1.53. The van der Waals surface area contributed by atoms with Crippen LogP contribution in [0, 0.1) is 17.2 Å². The number of nitriles is 1. The summed E-state index contributed by atoms with van der Waals surface area (Å²) in [6, 6.07) is 5.16. The zero-order valence-electron chi connectivity index (χ0n) is 23.9. The van der Waals surface area contributed by atoms with Gasteiger partial charge in [0.05, 0.1) is 23.6 Å². The van der Waals surface area contributed by atoms with Crippen LogP contribution in [0.3, 0.4) is 0 Å². The second kappa shape index (κ2) is 14.5. The molecule has 0 aliphatic rings. The van der Waals surface area contributed by atoms with E-state index >= 15 is 0 Å². The topological polar surface area (TPSA) is 158 Å². The van der Waals surface area contributed by atoms with Crippen LogP contribution < -0.4 is 51.2 Å². The van der Waals surface area contributed by atoms with Crippen molar-refractivity contribution in [2.75, 3.05) is 5.32 Å². The standard InChI is InChI=1S/C27H32F3N6O5.Na/c1-4-12-35-16-32-22-21(35)24(39)36(25(40)34(22)3)13-6-5-11-26(2,41)14-20(37)19(15-31)23(38)33-18-9-7-17(8-10-18)27(28,29)30;/h7-10,16,19-20,41H,4-6,11-14H2,1-3H3,(H,33,38);/q-1;+1. The number of benzene rings is 1. The Hall–Kier alpha value is -2.96. The molecule has 0 saturated carbocycles. The molecule has 0 fully saturated rings. The summed E-state index contributed by atoms with van der Waals surface area (Å²) < 4.78 is 42.3. The minimum Gasteiger partial charge on any atom is -0.851 e. The van der Waals surface area contributed by atoms with E-state index in [1.165, 1.54) is 24.9 Å². The van der Waals surface area contributed by atoms with E-state index in [0.717, 1.165) is 35.3 Å². The zero-order valence-corrected chi connectivity index (χ0v) is 25.9. The molecule has 3 aromatic rings. The SMILES string of the molecule is CCCn1cnc2c1c(=O)n(CCCCC(C)(O)CC([O-])C(C#N)C(=O)Nc1ccc(C(F)(F)F)cc1)c(=O)n2C.[Na+]. The molecule has 0 saturated heterocycles. The number of imidazole rings is 1. The third-order valence-electron chi connectivity index (χ3n) is 6.83. The fourth-order valence-corrected chi connectivity index (χ4v) is 4.63. The van der Waals surface area contributed by atoms with Crippen molar-refractivity contribution in [2.45, 2.75) is 76.9 Å². The molecule has 3 unspecified atom stereocenters. The quantitative estimate of drug-likeness (QED) is 0.202. The molecule has 3 rings (SSSR count). The van der Waals surface area contributed by atoms with Crippen molar-refractivity contribution in [1.29, 1.82) is 5.26 Å². The van der Waals surface area contributed by atoms with Crippen LogP contribution in [0.4, 0.5) is 18.9 Å². The fraction of sp³-hybridized carbons (Fsp3) is 0.519. The van der Waals surface area contributed by atoms with E-state index in [-0.39, 0.29) is 48.2 Å². The number of alkyl halides is 3. The number of amides is 1. The van der Waals surface area contributed by atoms with Crippen LogP contribution >= 0.6 is 0 Å². The predicted molar refractivity (Wildman–Crippen MR) is 142 cm³/mol. The first-order chi connectivity index (χ1) is 19.2. The summed E-state index contributed by atoms with van der Waals surface area (Å²) in [6.07, 6.45) is -3.78. The van der Waals surface area contributed by atoms with E-state index in [1.807, 2.05) is 6.92 Å². The van der Waals surface area contributed by atoms with E-state index in [4.69, 9.17) is 0 Å². The first-order valence-corrected chi connectivity index (χ1v) is 13.1. The maximum atomic E-state index is 13.0. The number of aliphatic hydroxyl groups is 1. The molecule has 0 radical (unpaired) electrons. The number of nitrogens with one attached hydrogen (secondary N) is 1. The average Bonchev–Trinajstić information content (AvgIpc) is 3.31. The number of aromatic nitrogens is 4. The van der Waals surface area contributed by atoms with Crippen LogP contribution in [0.1, 0.15) is 51.5 Å². The van der Waals surface area contributed by atoms with Crippen molar-refractivity contribution < 1.29 is 57.7 Å². The Balaban J connectivity index is 0.00000616. The number of aryl methyl sites for hydroxylation is 2. The predicted octanol–water partition coefficient (Wildman–Crippen LogP) is -0.852. The van der Waals surface area contributed by atoms with Crippen LogP contribution in [-0.2, 0) is 31.1 Å². The Labute approximate surface area is 261 Å². The smallest absolute Gasteiger partial charge is 0.851 e. The monoisotopic (exact) mass is 600 g/mol. The Morgan fingerprint density at radius 1 is 1.19 bits per heavy atom. The van der Waals surface area contributed by atoms with E-state index in [0.29, 0.717) is 30.6 Å². The number of fused-ring (bicyclic) bond motifs is 1. The van der Waals surface area contributed by atoms with Crippen molar-refractivity contribution >= 4 is 22.8 Å². The molecular weight excluding hydrogens is 568 g/mol. The molecule has 0 aliphatic heterocycles. The summed E-state index contributed by atoms with van der Waals surface area (Å²) >= 11 is 0. The van der Waals surface area contributed by atoms with Gasteiger partial charge in [-0.05, 0) is 63.3 Å². The molecule has 2 heterocycles. The summed E-state index contributed by atoms with van der Waals surface area (Å²) in [5.41, 5.74) is -2.85. The molecule has 1 aromatic carbocycles. The first-order valence-electron chi connectivity index (χ1n) is 13.1. The van der Waals surface area contributed by atoms with Gasteiger partial charge in [-0.3, -0.25) is 18.7 Å². The minimum absolute atomic E-state index is 0. The van der Waals surface area contributed by atoms with Gasteiger partial charge in [0.1, 0.15) is 5.92 Å². The molecule has 1 amide bonds. The van der Waals surface area contributed by atoms with Gasteiger partial charge in [0.15, 0.2) is 11.2 Å². The summed E-state index contributed by atoms with van der Waals surface area (Å²) in [5, 5.41) is 35.2. The van der Waals surface area contributed by atoms with Gasteiger partial charge >= 0.3 is 41.4 Å². The van der Waals surface area contributed by atoms with Crippen molar-refractivity contribution in [3.63, 3.8) is 0 Å². The van der Waals surface area contributed by atoms with Gasteiger partial charge in [0.2, 0.25) is 5.91 Å². The number of carbonyl (C=O) groups excluding carboxylic acids is 1. The van der Waals surface area contributed by atoms with E-state index in [1.54, 1.807) is 10.6 Å². The number of nitrogens with zero attached hydrogens (tertiary/aromatic N) is 5. The van der Waals surface area contributed by atoms with Crippen LogP contribution in [-0.4, -0.2) is 41.4 Å². The van der Waals surface area contributed by atoms with Gasteiger partial charge in [0.25, 0.3) is 5.56 Å². The van der Waals surface area contributed by atoms with Crippen molar-refractivity contribution in [3.05, 3.63) is 57.0 Å². The minimum atomic E-state index is -4.56. The van der Waals surface area contributed by atoms with E-state index < -0.39 is 52.9 Å². The third-order valence-corrected chi connectivity index (χ3v) is 6.83. The molecule has 15 heteroatoms. The summed E-state index contributed by atoms with van der Waals surface area (Å²) in [6.45, 7) is 3.98. The molecule has 0 spiro atoms. The maximum Gasteiger partial charge on any atom is 1.00 e. The first kappa shape index (κ1) is 35.2. The Kier molecular flexibility index (Phi) is 12.1. The van der Waals surface area contributed by atoms with Crippen LogP contribution in [0.25, 0.3) is 11.2 Å². The molecule has 0 aliphatic carbocycles. The van der Waals surface area contributed by atoms with Crippen LogP contribution in [0.15, 0.2) is 40.2 Å². The van der Waals surface area contributed by atoms with Crippen LogP contribution in [0.2, 0.25) is 0 Å². The van der Waals surface area contributed by atoms with Gasteiger partial charge in [0, 0.05) is 25.8 Å². The Bertz CT molecular complexity index is 1540. The number of halogens is 3. The number of carbonyl (C=O) groups is 1. The number of unbranched alkanes of at least 4 members (excludes halogenated alkanes) is 1. The van der Waals surface area contributed by atoms with Gasteiger partial charge in [-0.15, -0.1) is 0 Å². The van der Waals surface area contributed by atoms with E-state index in [9.17, 15) is 43.0 Å². The second-order valence-electron chi connectivity index (χ2n) is 10.3. The molecule has 2 aromatic heterocycles. The molecule has 0 bridgehead atoms. The number of hydrogen-bond acceptors (Lipinski definition) is 7. The number of anilines is 1. The normalized spacial score (nSPS) is 14.5. The Morgan fingerprint density at radius 3 is 2.40 bits per heavy atom. The Morgan fingerprint density at radius 2 is 1.83 bits per heavy atom. The van der Waals surface area contributed by atoms with Crippen LogP contribution in [0.5, 0.6) is 0 Å².